The summed E-state index contributed by atoms with van der Waals surface area (Å²) in [6, 6.07) is 3.21. The van der Waals surface area contributed by atoms with Crippen molar-refractivity contribution in [2.75, 3.05) is 19.6 Å². The summed E-state index contributed by atoms with van der Waals surface area (Å²) in [6.45, 7) is 13.4. The molecule has 2 heterocycles. The highest BCUT2D eigenvalue weighted by atomic mass is 15.3. The van der Waals surface area contributed by atoms with E-state index in [4.69, 9.17) is 0 Å². The molecule has 1 saturated heterocycles. The van der Waals surface area contributed by atoms with E-state index in [9.17, 15) is 0 Å². The Morgan fingerprint density at radius 3 is 2.79 bits per heavy atom. The summed E-state index contributed by atoms with van der Waals surface area (Å²) in [5.74, 6) is 0.689. The van der Waals surface area contributed by atoms with Crippen molar-refractivity contribution in [3.63, 3.8) is 0 Å². The van der Waals surface area contributed by atoms with Crippen LogP contribution in [0.25, 0.3) is 0 Å². The first-order valence-corrected chi connectivity index (χ1v) is 7.56. The molecular formula is C15H28N4. The van der Waals surface area contributed by atoms with Crippen LogP contribution >= 0.6 is 0 Å². The van der Waals surface area contributed by atoms with Crippen LogP contribution in [-0.4, -0.2) is 40.4 Å². The van der Waals surface area contributed by atoms with Crippen LogP contribution in [0.5, 0.6) is 0 Å². The molecule has 1 N–H and O–H groups in total. The Bertz CT molecular complexity index is 383. The van der Waals surface area contributed by atoms with Crippen molar-refractivity contribution in [2.45, 2.75) is 52.7 Å². The van der Waals surface area contributed by atoms with Crippen molar-refractivity contribution in [2.24, 2.45) is 5.92 Å². The van der Waals surface area contributed by atoms with Crippen molar-refractivity contribution in [1.29, 1.82) is 0 Å². The minimum Gasteiger partial charge on any atom is -0.312 e. The van der Waals surface area contributed by atoms with Gasteiger partial charge in [0.25, 0.3) is 0 Å². The monoisotopic (exact) mass is 264 g/mol. The van der Waals surface area contributed by atoms with Gasteiger partial charge in [0, 0.05) is 31.4 Å². The molecule has 2 rings (SSSR count). The smallest absolute Gasteiger partial charge is 0.0764 e. The first-order valence-electron chi connectivity index (χ1n) is 7.56. The molecule has 0 aromatic carbocycles. The lowest BCUT2D eigenvalue weighted by atomic mass is 10.0. The van der Waals surface area contributed by atoms with E-state index in [-0.39, 0.29) is 0 Å². The van der Waals surface area contributed by atoms with Crippen LogP contribution in [0.2, 0.25) is 0 Å². The molecule has 4 heteroatoms. The largest absolute Gasteiger partial charge is 0.312 e. The van der Waals surface area contributed by atoms with Crippen molar-refractivity contribution in [3.8, 4) is 0 Å². The molecule has 0 radical (unpaired) electrons. The number of hydrogen-bond donors (Lipinski definition) is 1. The van der Waals surface area contributed by atoms with Gasteiger partial charge in [-0.2, -0.15) is 5.10 Å². The summed E-state index contributed by atoms with van der Waals surface area (Å²) in [4.78, 5) is 2.54. The predicted molar refractivity (Wildman–Crippen MR) is 79.1 cm³/mol. The highest BCUT2D eigenvalue weighted by Crippen LogP contribution is 2.12. The Kier molecular flexibility index (Phi) is 4.99. The summed E-state index contributed by atoms with van der Waals surface area (Å²) in [5, 5.41) is 8.31. The molecule has 0 spiro atoms. The number of nitrogens with zero attached hydrogens (tertiary/aromatic N) is 3. The number of nitrogens with one attached hydrogen (secondary N) is 1. The van der Waals surface area contributed by atoms with E-state index in [1.54, 1.807) is 0 Å². The third kappa shape index (κ3) is 4.05. The molecule has 1 aromatic heterocycles. The van der Waals surface area contributed by atoms with E-state index in [0.717, 1.165) is 19.6 Å². The van der Waals surface area contributed by atoms with E-state index >= 15 is 0 Å². The first-order chi connectivity index (χ1) is 9.06. The van der Waals surface area contributed by atoms with Crippen LogP contribution < -0.4 is 5.32 Å². The molecule has 0 bridgehead atoms. The Hall–Kier alpha value is -0.870. The van der Waals surface area contributed by atoms with E-state index < -0.39 is 0 Å². The second kappa shape index (κ2) is 6.53. The zero-order valence-corrected chi connectivity index (χ0v) is 12.8. The fourth-order valence-electron chi connectivity index (χ4n) is 2.59. The standard InChI is InChI=1S/C15H28N4/c1-12(2)15-11-18(8-5-7-16-15)10-14-6-9-19(17-14)13(3)4/h6,9,12-13,15-16H,5,7-8,10-11H2,1-4H3. The normalized spacial score (nSPS) is 22.1. The van der Waals surface area contributed by atoms with Gasteiger partial charge in [0.15, 0.2) is 0 Å². The second-order valence-corrected chi connectivity index (χ2v) is 6.27. The first kappa shape index (κ1) is 14.5. The van der Waals surface area contributed by atoms with Gasteiger partial charge in [-0.1, -0.05) is 13.8 Å². The molecule has 1 fully saturated rings. The molecule has 108 valence electrons. The number of hydrogen-bond acceptors (Lipinski definition) is 3. The SMILES string of the molecule is CC(C)C1CN(Cc2ccn(C(C)C)n2)CCCN1. The highest BCUT2D eigenvalue weighted by molar-refractivity contribution is 5.00. The molecule has 0 aliphatic carbocycles. The second-order valence-electron chi connectivity index (χ2n) is 6.27. The van der Waals surface area contributed by atoms with Crippen LogP contribution in [0.4, 0.5) is 0 Å². The minimum atomic E-state index is 0.447. The van der Waals surface area contributed by atoms with Gasteiger partial charge in [-0.15, -0.1) is 0 Å². The quantitative estimate of drug-likeness (QED) is 0.906. The summed E-state index contributed by atoms with van der Waals surface area (Å²) in [6.07, 6.45) is 3.32. The van der Waals surface area contributed by atoms with Gasteiger partial charge < -0.3 is 5.32 Å². The Balaban J connectivity index is 1.96. The van der Waals surface area contributed by atoms with E-state index in [0.29, 0.717) is 18.0 Å². The molecule has 0 saturated carbocycles. The van der Waals surface area contributed by atoms with Crippen molar-refractivity contribution < 1.29 is 0 Å². The topological polar surface area (TPSA) is 33.1 Å². The molecule has 1 atom stereocenters. The van der Waals surface area contributed by atoms with Crippen LogP contribution in [0.15, 0.2) is 12.3 Å². The molecule has 1 aromatic rings. The Labute approximate surface area is 117 Å². The third-order valence-electron chi connectivity index (χ3n) is 3.90. The predicted octanol–water partition coefficient (Wildman–Crippen LogP) is 2.28. The van der Waals surface area contributed by atoms with E-state index in [2.05, 4.69) is 55.3 Å². The minimum absolute atomic E-state index is 0.447. The molecule has 19 heavy (non-hydrogen) atoms. The molecular weight excluding hydrogens is 236 g/mol. The summed E-state index contributed by atoms with van der Waals surface area (Å²) in [7, 11) is 0. The van der Waals surface area contributed by atoms with Gasteiger partial charge in [-0.05, 0) is 45.3 Å². The van der Waals surface area contributed by atoms with Crippen LogP contribution in [-0.2, 0) is 6.54 Å². The lowest BCUT2D eigenvalue weighted by Gasteiger charge is -2.26. The average molecular weight is 264 g/mol. The van der Waals surface area contributed by atoms with Crippen molar-refractivity contribution in [3.05, 3.63) is 18.0 Å². The molecule has 1 aliphatic rings. The molecule has 1 unspecified atom stereocenters. The maximum absolute atomic E-state index is 4.66. The van der Waals surface area contributed by atoms with Gasteiger partial charge in [-0.25, -0.2) is 0 Å². The molecule has 4 nitrogen and oxygen atoms in total. The zero-order chi connectivity index (χ0) is 13.8. The van der Waals surface area contributed by atoms with Gasteiger partial charge in [-0.3, -0.25) is 9.58 Å². The molecule has 0 amide bonds. The van der Waals surface area contributed by atoms with Crippen molar-refractivity contribution in [1.82, 2.24) is 20.0 Å². The lowest BCUT2D eigenvalue weighted by molar-refractivity contribution is 0.235. The molecule has 1 aliphatic heterocycles. The summed E-state index contributed by atoms with van der Waals surface area (Å²) in [5.41, 5.74) is 1.19. The fourth-order valence-corrected chi connectivity index (χ4v) is 2.59. The van der Waals surface area contributed by atoms with E-state index in [1.165, 1.54) is 18.7 Å². The van der Waals surface area contributed by atoms with Gasteiger partial charge >= 0.3 is 0 Å². The average Bonchev–Trinajstić information content (AvgIpc) is 2.68. The van der Waals surface area contributed by atoms with Crippen LogP contribution in [0.3, 0.4) is 0 Å². The number of aromatic nitrogens is 2. The lowest BCUT2D eigenvalue weighted by Crippen LogP contribution is -2.41. The van der Waals surface area contributed by atoms with Gasteiger partial charge in [0.1, 0.15) is 0 Å². The highest BCUT2D eigenvalue weighted by Gasteiger charge is 2.20. The maximum atomic E-state index is 4.66. The number of rotatable bonds is 4. The van der Waals surface area contributed by atoms with Gasteiger partial charge in [0.05, 0.1) is 5.69 Å². The van der Waals surface area contributed by atoms with Gasteiger partial charge in [0.2, 0.25) is 0 Å². The fraction of sp³-hybridized carbons (Fsp3) is 0.800. The van der Waals surface area contributed by atoms with Crippen LogP contribution in [0.1, 0.15) is 45.9 Å². The van der Waals surface area contributed by atoms with Crippen molar-refractivity contribution >= 4 is 0 Å². The van der Waals surface area contributed by atoms with Crippen LogP contribution in [0, 0.1) is 5.92 Å². The van der Waals surface area contributed by atoms with E-state index in [1.807, 2.05) is 4.68 Å². The maximum Gasteiger partial charge on any atom is 0.0764 e. The zero-order valence-electron chi connectivity index (χ0n) is 12.8. The third-order valence-corrected chi connectivity index (χ3v) is 3.90. The Morgan fingerprint density at radius 1 is 1.37 bits per heavy atom. The Morgan fingerprint density at radius 2 is 2.16 bits per heavy atom. The summed E-state index contributed by atoms with van der Waals surface area (Å²) < 4.78 is 2.05. The summed E-state index contributed by atoms with van der Waals surface area (Å²) >= 11 is 0.